The van der Waals surface area contributed by atoms with Crippen molar-refractivity contribution in [2.75, 3.05) is 26.2 Å². The Morgan fingerprint density at radius 3 is 2.02 bits per heavy atom. The molecule has 59 heavy (non-hydrogen) atoms. The van der Waals surface area contributed by atoms with Gasteiger partial charge >= 0.3 is 12.1 Å². The lowest BCUT2D eigenvalue weighted by Crippen LogP contribution is -2.64. The number of amides is 5. The standard InChI is InChI=1S/C45H59N5O9/c1-8-57-43(55)38(25-30(2)3)50-24-23-49(37(42(50)54)27-32-15-11-9-12-16-32)39(51)28-46-40(52)31(4)47-41(53)36(48-44(56)59-45(5,6)7)26-33-19-21-35(22-20-33)58-29-34-17-13-10-14-18-34/h9-22,30-31,36-38H,8,23-29H2,1-7H3,(H,46,52)(H,47,53)(H,48,56)/t31-,36+,37-,38+/m1/s1. The SMILES string of the molecule is CCOC(=O)[C@H](CC(C)C)N1CCN(C(=O)CNC(=O)[C@@H](C)NC(=O)[C@H](Cc2ccc(OCc3ccccc3)cc2)NC(=O)OC(C)(C)C)[C@H](Cc2ccccc2)C1=O. The molecule has 14 heteroatoms. The van der Waals surface area contributed by atoms with Crippen molar-refractivity contribution < 1.29 is 43.0 Å². The summed E-state index contributed by atoms with van der Waals surface area (Å²) < 4.78 is 16.6. The molecule has 3 aromatic carbocycles. The fraction of sp³-hybridized carbons (Fsp3) is 0.467. The molecule has 1 aliphatic rings. The smallest absolute Gasteiger partial charge is 0.408 e. The van der Waals surface area contributed by atoms with Gasteiger partial charge in [0, 0.05) is 25.9 Å². The molecule has 0 radical (unpaired) electrons. The molecule has 5 amide bonds. The number of esters is 1. The van der Waals surface area contributed by atoms with Gasteiger partial charge in [-0.3, -0.25) is 19.2 Å². The van der Waals surface area contributed by atoms with E-state index in [1.807, 2.05) is 74.5 Å². The minimum Gasteiger partial charge on any atom is -0.489 e. The van der Waals surface area contributed by atoms with Crippen molar-refractivity contribution in [3.8, 4) is 5.75 Å². The van der Waals surface area contributed by atoms with E-state index in [1.165, 1.54) is 16.7 Å². The number of alkyl carbamates (subject to hydrolysis) is 1. The van der Waals surface area contributed by atoms with Gasteiger partial charge in [-0.25, -0.2) is 9.59 Å². The van der Waals surface area contributed by atoms with Crippen molar-refractivity contribution in [3.05, 3.63) is 102 Å². The van der Waals surface area contributed by atoms with Crippen LogP contribution < -0.4 is 20.7 Å². The van der Waals surface area contributed by atoms with Gasteiger partial charge in [-0.05, 0) is 75.8 Å². The summed E-state index contributed by atoms with van der Waals surface area (Å²) in [6.45, 7) is 12.6. The second kappa shape index (κ2) is 21.7. The highest BCUT2D eigenvalue weighted by atomic mass is 16.6. The normalized spacial score (nSPS) is 15.7. The Kier molecular flexibility index (Phi) is 16.9. The van der Waals surface area contributed by atoms with Crippen molar-refractivity contribution in [3.63, 3.8) is 0 Å². The second-order valence-corrected chi connectivity index (χ2v) is 16.0. The molecule has 3 aromatic rings. The molecule has 1 fully saturated rings. The maximum Gasteiger partial charge on any atom is 0.408 e. The van der Waals surface area contributed by atoms with Crippen LogP contribution in [0.15, 0.2) is 84.9 Å². The highest BCUT2D eigenvalue weighted by Crippen LogP contribution is 2.23. The molecule has 1 saturated heterocycles. The molecule has 0 spiro atoms. The summed E-state index contributed by atoms with van der Waals surface area (Å²) in [5.41, 5.74) is 1.73. The molecule has 0 aromatic heterocycles. The maximum absolute atomic E-state index is 14.1. The molecule has 0 unspecified atom stereocenters. The summed E-state index contributed by atoms with van der Waals surface area (Å²) in [6, 6.07) is 22.2. The predicted molar refractivity (Wildman–Crippen MR) is 222 cm³/mol. The topological polar surface area (TPSA) is 173 Å². The Morgan fingerprint density at radius 2 is 1.42 bits per heavy atom. The Bertz CT molecular complexity index is 1870. The van der Waals surface area contributed by atoms with Crippen LogP contribution in [0.3, 0.4) is 0 Å². The molecule has 3 N–H and O–H groups in total. The van der Waals surface area contributed by atoms with Gasteiger partial charge in [0.1, 0.15) is 42.1 Å². The third kappa shape index (κ3) is 14.4. The highest BCUT2D eigenvalue weighted by Gasteiger charge is 2.42. The number of ether oxygens (including phenoxy) is 3. The van der Waals surface area contributed by atoms with E-state index < -0.39 is 66.1 Å². The average Bonchev–Trinajstić information content (AvgIpc) is 3.19. The molecule has 4 rings (SSSR count). The van der Waals surface area contributed by atoms with Crippen LogP contribution in [0.2, 0.25) is 0 Å². The Balaban J connectivity index is 1.41. The van der Waals surface area contributed by atoms with Crippen LogP contribution in [0, 0.1) is 5.92 Å². The number of hydrogen-bond acceptors (Lipinski definition) is 9. The van der Waals surface area contributed by atoms with E-state index >= 15 is 0 Å². The van der Waals surface area contributed by atoms with Crippen molar-refractivity contribution in [2.45, 2.75) is 104 Å². The van der Waals surface area contributed by atoms with Crippen LogP contribution in [0.1, 0.15) is 71.6 Å². The van der Waals surface area contributed by atoms with Crippen LogP contribution in [0.5, 0.6) is 5.75 Å². The molecule has 0 bridgehead atoms. The van der Waals surface area contributed by atoms with Crippen molar-refractivity contribution >= 4 is 35.7 Å². The van der Waals surface area contributed by atoms with E-state index in [0.717, 1.165) is 11.1 Å². The zero-order chi connectivity index (χ0) is 43.1. The van der Waals surface area contributed by atoms with Crippen LogP contribution >= 0.6 is 0 Å². The van der Waals surface area contributed by atoms with E-state index in [2.05, 4.69) is 16.0 Å². The number of nitrogens with one attached hydrogen (secondary N) is 3. The van der Waals surface area contributed by atoms with Crippen LogP contribution in [-0.4, -0.2) is 102 Å². The molecule has 14 nitrogen and oxygen atoms in total. The monoisotopic (exact) mass is 813 g/mol. The number of carbonyl (C=O) groups excluding carboxylic acids is 6. The Morgan fingerprint density at radius 1 is 0.797 bits per heavy atom. The lowest BCUT2D eigenvalue weighted by Gasteiger charge is -2.43. The van der Waals surface area contributed by atoms with E-state index in [9.17, 15) is 28.8 Å². The maximum atomic E-state index is 14.1. The second-order valence-electron chi connectivity index (χ2n) is 16.0. The average molecular weight is 814 g/mol. The summed E-state index contributed by atoms with van der Waals surface area (Å²) in [6.07, 6.45) is -0.121. The first-order valence-electron chi connectivity index (χ1n) is 20.2. The fourth-order valence-corrected chi connectivity index (χ4v) is 6.64. The van der Waals surface area contributed by atoms with Gasteiger partial charge in [-0.15, -0.1) is 0 Å². The van der Waals surface area contributed by atoms with E-state index in [0.29, 0.717) is 24.3 Å². The lowest BCUT2D eigenvalue weighted by molar-refractivity contribution is -0.163. The van der Waals surface area contributed by atoms with Gasteiger partial charge in [-0.1, -0.05) is 86.6 Å². The highest BCUT2D eigenvalue weighted by molar-refractivity contribution is 5.95. The Hall–Kier alpha value is -5.92. The van der Waals surface area contributed by atoms with Gasteiger partial charge in [0.05, 0.1) is 13.2 Å². The predicted octanol–water partition coefficient (Wildman–Crippen LogP) is 4.58. The molecule has 1 aliphatic heterocycles. The third-order valence-electron chi connectivity index (χ3n) is 9.53. The minimum atomic E-state index is -1.12. The number of hydrogen-bond donors (Lipinski definition) is 3. The van der Waals surface area contributed by atoms with Crippen LogP contribution in [-0.2, 0) is 52.9 Å². The minimum absolute atomic E-state index is 0.0772. The van der Waals surface area contributed by atoms with E-state index in [1.54, 1.807) is 52.0 Å². The fourth-order valence-electron chi connectivity index (χ4n) is 6.64. The number of nitrogens with zero attached hydrogens (tertiary/aromatic N) is 2. The third-order valence-corrected chi connectivity index (χ3v) is 9.53. The first kappa shape index (κ1) is 45.8. The summed E-state index contributed by atoms with van der Waals surface area (Å²) in [5.74, 6) is -1.92. The van der Waals surface area contributed by atoms with Crippen LogP contribution in [0.4, 0.5) is 4.79 Å². The van der Waals surface area contributed by atoms with Gasteiger partial charge < -0.3 is 40.0 Å². The number of piperazine rings is 1. The molecule has 0 saturated carbocycles. The zero-order valence-corrected chi connectivity index (χ0v) is 35.2. The van der Waals surface area contributed by atoms with E-state index in [4.69, 9.17) is 14.2 Å². The molecular weight excluding hydrogens is 755 g/mol. The number of rotatable bonds is 18. The molecule has 318 valence electrons. The van der Waals surface area contributed by atoms with Crippen molar-refractivity contribution in [1.29, 1.82) is 0 Å². The molecule has 4 atom stereocenters. The van der Waals surface area contributed by atoms with Crippen LogP contribution in [0.25, 0.3) is 0 Å². The molecule has 0 aliphatic carbocycles. The quantitative estimate of drug-likeness (QED) is 0.156. The summed E-state index contributed by atoms with van der Waals surface area (Å²) >= 11 is 0. The number of carbonyl (C=O) groups is 6. The first-order valence-corrected chi connectivity index (χ1v) is 20.2. The summed E-state index contributed by atoms with van der Waals surface area (Å²) in [7, 11) is 0. The van der Waals surface area contributed by atoms with Crippen molar-refractivity contribution in [2.24, 2.45) is 5.92 Å². The number of benzene rings is 3. The van der Waals surface area contributed by atoms with Gasteiger partial charge in [0.25, 0.3) is 0 Å². The molecule has 1 heterocycles. The first-order chi connectivity index (χ1) is 28.0. The van der Waals surface area contributed by atoms with Crippen molar-refractivity contribution in [1.82, 2.24) is 25.8 Å². The lowest BCUT2D eigenvalue weighted by atomic mass is 9.97. The molecular formula is C45H59N5O9. The summed E-state index contributed by atoms with van der Waals surface area (Å²) in [5, 5.41) is 7.87. The van der Waals surface area contributed by atoms with Gasteiger partial charge in [0.15, 0.2) is 0 Å². The van der Waals surface area contributed by atoms with Gasteiger partial charge in [0.2, 0.25) is 23.6 Å². The summed E-state index contributed by atoms with van der Waals surface area (Å²) in [4.78, 5) is 83.7. The largest absolute Gasteiger partial charge is 0.489 e. The van der Waals surface area contributed by atoms with Gasteiger partial charge in [-0.2, -0.15) is 0 Å². The van der Waals surface area contributed by atoms with E-state index in [-0.39, 0.29) is 44.4 Å². The Labute approximate surface area is 347 Å². The zero-order valence-electron chi connectivity index (χ0n) is 35.2.